The number of rotatable bonds is 10. The fraction of sp³-hybridized carbons (Fsp3) is 0.318. The SMILES string of the molecule is CCOc1ccc(/C=C\c2cc(CO)c(CO)c(OC)c2)cc1CC(=O)CN. The Morgan fingerprint density at radius 2 is 1.75 bits per heavy atom. The third kappa shape index (κ3) is 5.42. The molecule has 6 nitrogen and oxygen atoms in total. The van der Waals surface area contributed by atoms with Crippen molar-refractivity contribution < 1.29 is 24.5 Å². The lowest BCUT2D eigenvalue weighted by atomic mass is 10.0. The minimum atomic E-state index is -0.208. The molecule has 0 unspecified atom stereocenters. The average molecular weight is 385 g/mol. The second-order valence-electron chi connectivity index (χ2n) is 6.23. The third-order valence-corrected chi connectivity index (χ3v) is 4.34. The number of methoxy groups -OCH3 is 1. The van der Waals surface area contributed by atoms with Crippen LogP contribution < -0.4 is 15.2 Å². The van der Waals surface area contributed by atoms with Crippen LogP contribution in [0.5, 0.6) is 11.5 Å². The van der Waals surface area contributed by atoms with E-state index in [4.69, 9.17) is 15.2 Å². The summed E-state index contributed by atoms with van der Waals surface area (Å²) in [6.07, 6.45) is 4.01. The second-order valence-corrected chi connectivity index (χ2v) is 6.23. The Balaban J connectivity index is 2.35. The zero-order chi connectivity index (χ0) is 20.5. The number of Topliss-reactive ketones (excluding diaryl/α,β-unsaturated/α-hetero) is 1. The number of ether oxygens (including phenoxy) is 2. The number of aliphatic hydroxyl groups excluding tert-OH is 2. The predicted octanol–water partition coefficient (Wildman–Crippen LogP) is 2.32. The molecule has 150 valence electrons. The molecule has 0 aliphatic rings. The monoisotopic (exact) mass is 385 g/mol. The molecular formula is C22H27NO5. The maximum absolute atomic E-state index is 11.8. The standard InChI is InChI=1S/C22H27NO5/c1-3-28-21-7-6-15(8-17(21)11-19(26)12-23)4-5-16-9-18(13-24)20(14-25)22(10-16)27-2/h4-10,24-25H,3,11-14,23H2,1-2H3/b5-4-. The van der Waals surface area contributed by atoms with Crippen LogP contribution in [0, 0.1) is 0 Å². The lowest BCUT2D eigenvalue weighted by Gasteiger charge is -2.12. The lowest BCUT2D eigenvalue weighted by Crippen LogP contribution is -2.16. The molecule has 2 aromatic rings. The summed E-state index contributed by atoms with van der Waals surface area (Å²) in [4.78, 5) is 11.8. The average Bonchev–Trinajstić information content (AvgIpc) is 2.72. The van der Waals surface area contributed by atoms with Crippen molar-refractivity contribution >= 4 is 17.9 Å². The first-order chi connectivity index (χ1) is 13.6. The van der Waals surface area contributed by atoms with Gasteiger partial charge in [-0.15, -0.1) is 0 Å². The fourth-order valence-electron chi connectivity index (χ4n) is 2.94. The van der Waals surface area contributed by atoms with Gasteiger partial charge in [-0.05, 0) is 47.9 Å². The van der Waals surface area contributed by atoms with E-state index >= 15 is 0 Å². The van der Waals surface area contributed by atoms with Crippen molar-refractivity contribution in [3.05, 3.63) is 58.1 Å². The van der Waals surface area contributed by atoms with Gasteiger partial charge in [0.2, 0.25) is 0 Å². The maximum Gasteiger partial charge on any atom is 0.150 e. The molecule has 0 spiro atoms. The van der Waals surface area contributed by atoms with Gasteiger partial charge in [0.25, 0.3) is 0 Å². The van der Waals surface area contributed by atoms with Gasteiger partial charge >= 0.3 is 0 Å². The molecule has 0 aliphatic carbocycles. The zero-order valence-electron chi connectivity index (χ0n) is 16.3. The minimum absolute atomic E-state index is 0.00737. The van der Waals surface area contributed by atoms with E-state index in [2.05, 4.69) is 0 Å². The molecule has 0 amide bonds. The topological polar surface area (TPSA) is 102 Å². The number of carbonyl (C=O) groups excluding carboxylic acids is 1. The number of nitrogens with two attached hydrogens (primary N) is 1. The largest absolute Gasteiger partial charge is 0.496 e. The second kappa shape index (κ2) is 10.6. The highest BCUT2D eigenvalue weighted by atomic mass is 16.5. The molecule has 0 heterocycles. The summed E-state index contributed by atoms with van der Waals surface area (Å²) in [5.41, 5.74) is 9.15. The predicted molar refractivity (Wildman–Crippen MR) is 109 cm³/mol. The van der Waals surface area contributed by atoms with Crippen LogP contribution in [-0.2, 0) is 24.4 Å². The molecule has 0 saturated heterocycles. The van der Waals surface area contributed by atoms with Crippen molar-refractivity contribution in [2.75, 3.05) is 20.3 Å². The van der Waals surface area contributed by atoms with Gasteiger partial charge in [0.05, 0.1) is 33.5 Å². The van der Waals surface area contributed by atoms with Gasteiger partial charge in [0, 0.05) is 17.5 Å². The van der Waals surface area contributed by atoms with Gasteiger partial charge in [0.1, 0.15) is 11.5 Å². The molecule has 0 aromatic heterocycles. The zero-order valence-corrected chi connectivity index (χ0v) is 16.3. The molecule has 28 heavy (non-hydrogen) atoms. The quantitative estimate of drug-likeness (QED) is 0.543. The van der Waals surface area contributed by atoms with E-state index in [1.54, 1.807) is 12.1 Å². The molecule has 0 radical (unpaired) electrons. The summed E-state index contributed by atoms with van der Waals surface area (Å²) in [6.45, 7) is 2.00. The van der Waals surface area contributed by atoms with Crippen LogP contribution in [0.15, 0.2) is 30.3 Å². The Morgan fingerprint density at radius 3 is 2.36 bits per heavy atom. The summed E-state index contributed by atoms with van der Waals surface area (Å²) in [7, 11) is 1.52. The Bertz CT molecular complexity index is 820. The van der Waals surface area contributed by atoms with E-state index < -0.39 is 0 Å². The number of benzene rings is 2. The lowest BCUT2D eigenvalue weighted by molar-refractivity contribution is -0.117. The molecule has 0 atom stereocenters. The molecule has 6 heteroatoms. The number of aliphatic hydroxyl groups is 2. The van der Waals surface area contributed by atoms with Crippen LogP contribution in [0.4, 0.5) is 0 Å². The van der Waals surface area contributed by atoms with E-state index in [9.17, 15) is 15.0 Å². The van der Waals surface area contributed by atoms with Crippen molar-refractivity contribution in [1.29, 1.82) is 0 Å². The molecular weight excluding hydrogens is 358 g/mol. The van der Waals surface area contributed by atoms with E-state index in [0.29, 0.717) is 29.2 Å². The van der Waals surface area contributed by atoms with E-state index in [1.165, 1.54) is 7.11 Å². The van der Waals surface area contributed by atoms with E-state index in [-0.39, 0.29) is 32.0 Å². The molecule has 0 fully saturated rings. The van der Waals surface area contributed by atoms with Crippen LogP contribution in [-0.4, -0.2) is 36.3 Å². The van der Waals surface area contributed by atoms with Crippen molar-refractivity contribution in [3.63, 3.8) is 0 Å². The highest BCUT2D eigenvalue weighted by Crippen LogP contribution is 2.27. The van der Waals surface area contributed by atoms with E-state index in [0.717, 1.165) is 16.7 Å². The first-order valence-electron chi connectivity index (χ1n) is 9.13. The summed E-state index contributed by atoms with van der Waals surface area (Å²) in [5, 5.41) is 19.1. The first-order valence-corrected chi connectivity index (χ1v) is 9.13. The van der Waals surface area contributed by atoms with Crippen molar-refractivity contribution in [3.8, 4) is 11.5 Å². The Hall–Kier alpha value is -2.67. The highest BCUT2D eigenvalue weighted by molar-refractivity contribution is 5.83. The smallest absolute Gasteiger partial charge is 0.150 e. The first kappa shape index (κ1) is 21.6. The fourth-order valence-corrected chi connectivity index (χ4v) is 2.94. The van der Waals surface area contributed by atoms with Crippen molar-refractivity contribution in [2.24, 2.45) is 5.73 Å². The van der Waals surface area contributed by atoms with Crippen LogP contribution in [0.2, 0.25) is 0 Å². The van der Waals surface area contributed by atoms with Gasteiger partial charge < -0.3 is 25.4 Å². The van der Waals surface area contributed by atoms with Crippen LogP contribution in [0.3, 0.4) is 0 Å². The van der Waals surface area contributed by atoms with Crippen molar-refractivity contribution in [1.82, 2.24) is 0 Å². The molecule has 0 aliphatic heterocycles. The molecule has 0 saturated carbocycles. The van der Waals surface area contributed by atoms with Crippen LogP contribution in [0.1, 0.15) is 34.7 Å². The normalized spacial score (nSPS) is 11.0. The Kier molecular flexibility index (Phi) is 8.19. The number of carbonyl (C=O) groups is 1. The molecule has 0 bridgehead atoms. The van der Waals surface area contributed by atoms with E-state index in [1.807, 2.05) is 37.3 Å². The van der Waals surface area contributed by atoms with Gasteiger partial charge in [0.15, 0.2) is 5.78 Å². The number of hydrogen-bond acceptors (Lipinski definition) is 6. The highest BCUT2D eigenvalue weighted by Gasteiger charge is 2.11. The third-order valence-electron chi connectivity index (χ3n) is 4.34. The summed E-state index contributed by atoms with van der Waals surface area (Å²) >= 11 is 0. The molecule has 2 rings (SSSR count). The van der Waals surface area contributed by atoms with Gasteiger partial charge in [-0.25, -0.2) is 0 Å². The Morgan fingerprint density at radius 1 is 1.04 bits per heavy atom. The van der Waals surface area contributed by atoms with Crippen molar-refractivity contribution in [2.45, 2.75) is 26.6 Å². The molecule has 4 N–H and O–H groups in total. The minimum Gasteiger partial charge on any atom is -0.496 e. The number of ketones is 1. The molecule has 2 aromatic carbocycles. The van der Waals surface area contributed by atoms with Crippen LogP contribution in [0.25, 0.3) is 12.2 Å². The maximum atomic E-state index is 11.8. The Labute approximate surface area is 165 Å². The summed E-state index contributed by atoms with van der Waals surface area (Å²) in [6, 6.07) is 9.26. The summed E-state index contributed by atoms with van der Waals surface area (Å²) < 4.78 is 10.9. The van der Waals surface area contributed by atoms with Crippen LogP contribution >= 0.6 is 0 Å². The van der Waals surface area contributed by atoms with Gasteiger partial charge in [-0.3, -0.25) is 4.79 Å². The van der Waals surface area contributed by atoms with Gasteiger partial charge in [-0.1, -0.05) is 18.2 Å². The number of hydrogen-bond donors (Lipinski definition) is 3. The van der Waals surface area contributed by atoms with Gasteiger partial charge in [-0.2, -0.15) is 0 Å². The summed E-state index contributed by atoms with van der Waals surface area (Å²) in [5.74, 6) is 1.15.